The summed E-state index contributed by atoms with van der Waals surface area (Å²) in [5.74, 6) is -0.794. The number of anilines is 1. The second-order valence-electron chi connectivity index (χ2n) is 4.40. The van der Waals surface area contributed by atoms with Crippen molar-refractivity contribution in [3.05, 3.63) is 46.7 Å². The molecule has 0 unspecified atom stereocenters. The summed E-state index contributed by atoms with van der Waals surface area (Å²) in [5, 5.41) is 3.79. The van der Waals surface area contributed by atoms with Gasteiger partial charge in [-0.1, -0.05) is 11.6 Å². The predicted molar refractivity (Wildman–Crippen MR) is 72.4 cm³/mol. The molecule has 1 aromatic carbocycles. The third kappa shape index (κ3) is 3.18. The zero-order chi connectivity index (χ0) is 15.8. The van der Waals surface area contributed by atoms with E-state index >= 15 is 0 Å². The Labute approximate surface area is 123 Å². The Morgan fingerprint density at radius 2 is 1.86 bits per heavy atom. The molecule has 0 N–H and O–H groups in total. The summed E-state index contributed by atoms with van der Waals surface area (Å²) in [4.78, 5) is 13.4. The van der Waals surface area contributed by atoms with Gasteiger partial charge < -0.3 is 4.90 Å². The number of aromatic nitrogens is 2. The monoisotopic (exact) mass is 317 g/mol. The molecule has 0 aliphatic heterocycles. The van der Waals surface area contributed by atoms with Crippen LogP contribution in [-0.2, 0) is 13.2 Å². The van der Waals surface area contributed by atoms with Gasteiger partial charge in [-0.2, -0.15) is 18.3 Å². The van der Waals surface area contributed by atoms with E-state index in [9.17, 15) is 18.0 Å². The number of amides is 1. The second-order valence-corrected chi connectivity index (χ2v) is 4.84. The van der Waals surface area contributed by atoms with Crippen LogP contribution in [0, 0.1) is 0 Å². The third-order valence-electron chi connectivity index (χ3n) is 2.85. The van der Waals surface area contributed by atoms with Gasteiger partial charge in [-0.05, 0) is 24.3 Å². The maximum absolute atomic E-state index is 12.9. The summed E-state index contributed by atoms with van der Waals surface area (Å²) in [7, 11) is 2.72. The van der Waals surface area contributed by atoms with Crippen LogP contribution in [-0.4, -0.2) is 22.7 Å². The number of benzene rings is 1. The van der Waals surface area contributed by atoms with Crippen molar-refractivity contribution in [2.24, 2.45) is 7.05 Å². The summed E-state index contributed by atoms with van der Waals surface area (Å²) in [6, 6.07) is 6.19. The Kier molecular flexibility index (Phi) is 3.95. The molecule has 2 rings (SSSR count). The zero-order valence-corrected chi connectivity index (χ0v) is 11.9. The highest BCUT2D eigenvalue weighted by molar-refractivity contribution is 6.30. The highest BCUT2D eigenvalue weighted by Crippen LogP contribution is 2.31. The first kappa shape index (κ1) is 15.4. The van der Waals surface area contributed by atoms with Crippen LogP contribution in [0.2, 0.25) is 5.02 Å². The van der Waals surface area contributed by atoms with Crippen molar-refractivity contribution in [3.63, 3.8) is 0 Å². The van der Waals surface area contributed by atoms with E-state index in [1.807, 2.05) is 0 Å². The molecular formula is C13H11ClF3N3O. The van der Waals surface area contributed by atoms with Crippen LogP contribution in [0.1, 0.15) is 16.1 Å². The van der Waals surface area contributed by atoms with Gasteiger partial charge in [-0.3, -0.25) is 9.48 Å². The molecule has 1 amide bonds. The van der Waals surface area contributed by atoms with E-state index in [-0.39, 0.29) is 0 Å². The lowest BCUT2D eigenvalue weighted by Crippen LogP contribution is -2.28. The molecule has 0 bridgehead atoms. The molecule has 0 saturated carbocycles. The summed E-state index contributed by atoms with van der Waals surface area (Å²) < 4.78 is 39.6. The van der Waals surface area contributed by atoms with E-state index in [4.69, 9.17) is 11.6 Å². The molecule has 4 nitrogen and oxygen atoms in total. The SMILES string of the molecule is CN(C(=O)c1cn(C)nc1C(F)(F)F)c1ccc(Cl)cc1. The highest BCUT2D eigenvalue weighted by atomic mass is 35.5. The van der Waals surface area contributed by atoms with Crippen LogP contribution >= 0.6 is 11.6 Å². The van der Waals surface area contributed by atoms with Gasteiger partial charge in [0.1, 0.15) is 0 Å². The summed E-state index contributed by atoms with van der Waals surface area (Å²) in [5.41, 5.74) is -1.26. The van der Waals surface area contributed by atoms with E-state index < -0.39 is 23.3 Å². The van der Waals surface area contributed by atoms with Gasteiger partial charge in [-0.25, -0.2) is 0 Å². The molecule has 0 saturated heterocycles. The smallest absolute Gasteiger partial charge is 0.311 e. The van der Waals surface area contributed by atoms with Gasteiger partial charge in [0.15, 0.2) is 5.69 Å². The number of aryl methyl sites for hydroxylation is 1. The normalized spacial score (nSPS) is 11.5. The van der Waals surface area contributed by atoms with Crippen LogP contribution in [0.25, 0.3) is 0 Å². The largest absolute Gasteiger partial charge is 0.435 e. The Balaban J connectivity index is 2.38. The molecule has 2 aromatic rings. The standard InChI is InChI=1S/C13H11ClF3N3O/c1-19-7-10(11(18-19)13(15,16)17)12(21)20(2)9-5-3-8(14)4-6-9/h3-7H,1-2H3. The Hall–Kier alpha value is -2.02. The van der Waals surface area contributed by atoms with Crippen molar-refractivity contribution in [2.45, 2.75) is 6.18 Å². The average molecular weight is 318 g/mol. The number of halogens is 4. The number of hydrogen-bond acceptors (Lipinski definition) is 2. The molecule has 112 valence electrons. The van der Waals surface area contributed by atoms with E-state index in [1.165, 1.54) is 14.1 Å². The second kappa shape index (κ2) is 5.40. The van der Waals surface area contributed by atoms with E-state index in [1.54, 1.807) is 24.3 Å². The quantitative estimate of drug-likeness (QED) is 0.851. The minimum Gasteiger partial charge on any atom is -0.311 e. The molecule has 0 radical (unpaired) electrons. The van der Waals surface area contributed by atoms with Crippen molar-refractivity contribution in [2.75, 3.05) is 11.9 Å². The summed E-state index contributed by atoms with van der Waals surface area (Å²) in [6.07, 6.45) is -3.63. The van der Waals surface area contributed by atoms with Crippen LogP contribution in [0.5, 0.6) is 0 Å². The third-order valence-corrected chi connectivity index (χ3v) is 3.10. The molecule has 21 heavy (non-hydrogen) atoms. The fourth-order valence-corrected chi connectivity index (χ4v) is 1.94. The summed E-state index contributed by atoms with van der Waals surface area (Å²) >= 11 is 5.74. The average Bonchev–Trinajstić information content (AvgIpc) is 2.80. The van der Waals surface area contributed by atoms with Crippen LogP contribution in [0.3, 0.4) is 0 Å². The first-order valence-electron chi connectivity index (χ1n) is 5.84. The molecule has 8 heteroatoms. The molecule has 0 atom stereocenters. The maximum Gasteiger partial charge on any atom is 0.435 e. The van der Waals surface area contributed by atoms with Crippen LogP contribution in [0.4, 0.5) is 18.9 Å². The molecular weight excluding hydrogens is 307 g/mol. The Morgan fingerprint density at radius 3 is 2.38 bits per heavy atom. The lowest BCUT2D eigenvalue weighted by Gasteiger charge is -2.17. The summed E-state index contributed by atoms with van der Waals surface area (Å²) in [6.45, 7) is 0. The fraction of sp³-hybridized carbons (Fsp3) is 0.231. The minimum atomic E-state index is -4.69. The number of hydrogen-bond donors (Lipinski definition) is 0. The molecule has 0 aliphatic rings. The predicted octanol–water partition coefficient (Wildman–Crippen LogP) is 3.37. The highest BCUT2D eigenvalue weighted by Gasteiger charge is 2.39. The molecule has 0 aliphatic carbocycles. The number of alkyl halides is 3. The van der Waals surface area contributed by atoms with Crippen molar-refractivity contribution < 1.29 is 18.0 Å². The van der Waals surface area contributed by atoms with E-state index in [2.05, 4.69) is 5.10 Å². The Morgan fingerprint density at radius 1 is 1.29 bits per heavy atom. The number of carbonyl (C=O) groups excluding carboxylic acids is 1. The molecule has 1 heterocycles. The van der Waals surface area contributed by atoms with Gasteiger partial charge in [0, 0.05) is 31.0 Å². The van der Waals surface area contributed by atoms with Gasteiger partial charge in [0.2, 0.25) is 0 Å². The molecule has 1 aromatic heterocycles. The van der Waals surface area contributed by atoms with Gasteiger partial charge in [0.25, 0.3) is 5.91 Å². The number of rotatable bonds is 2. The lowest BCUT2D eigenvalue weighted by molar-refractivity contribution is -0.141. The van der Waals surface area contributed by atoms with Crippen LogP contribution in [0.15, 0.2) is 30.5 Å². The first-order chi connectivity index (χ1) is 9.70. The Bertz CT molecular complexity index is 664. The van der Waals surface area contributed by atoms with Crippen molar-refractivity contribution in [1.82, 2.24) is 9.78 Å². The van der Waals surface area contributed by atoms with Crippen molar-refractivity contribution in [3.8, 4) is 0 Å². The first-order valence-corrected chi connectivity index (χ1v) is 6.22. The molecule has 0 fully saturated rings. The van der Waals surface area contributed by atoms with Crippen LogP contribution < -0.4 is 4.90 Å². The lowest BCUT2D eigenvalue weighted by atomic mass is 10.2. The fourth-order valence-electron chi connectivity index (χ4n) is 1.82. The minimum absolute atomic E-state index is 0.432. The molecule has 0 spiro atoms. The number of carbonyl (C=O) groups is 1. The maximum atomic E-state index is 12.9. The number of nitrogens with zero attached hydrogens (tertiary/aromatic N) is 3. The van der Waals surface area contributed by atoms with E-state index in [0.717, 1.165) is 15.8 Å². The van der Waals surface area contributed by atoms with Crippen molar-refractivity contribution >= 4 is 23.2 Å². The van der Waals surface area contributed by atoms with Gasteiger partial charge in [0.05, 0.1) is 5.56 Å². The van der Waals surface area contributed by atoms with Gasteiger partial charge >= 0.3 is 6.18 Å². The van der Waals surface area contributed by atoms with Gasteiger partial charge in [-0.15, -0.1) is 0 Å². The topological polar surface area (TPSA) is 38.1 Å². The van der Waals surface area contributed by atoms with Crippen molar-refractivity contribution in [1.29, 1.82) is 0 Å². The van der Waals surface area contributed by atoms with E-state index in [0.29, 0.717) is 10.7 Å². The zero-order valence-electron chi connectivity index (χ0n) is 11.1.